The maximum atomic E-state index is 11.5. The van der Waals surface area contributed by atoms with E-state index in [1.807, 2.05) is 0 Å². The molecule has 1 heterocycles. The Labute approximate surface area is 182 Å². The van der Waals surface area contributed by atoms with Crippen molar-refractivity contribution in [3.8, 4) is 11.5 Å². The molecule has 31 heavy (non-hydrogen) atoms. The van der Waals surface area contributed by atoms with E-state index in [0.29, 0.717) is 103 Å². The molecule has 1 aliphatic rings. The quantitative estimate of drug-likeness (QED) is 0.668. The number of amides is 1. The summed E-state index contributed by atoms with van der Waals surface area (Å²) in [5.41, 5.74) is 5.69. The van der Waals surface area contributed by atoms with Crippen LogP contribution in [0.3, 0.4) is 0 Å². The van der Waals surface area contributed by atoms with Gasteiger partial charge in [-0.25, -0.2) is 0 Å². The smallest absolute Gasteiger partial charge is 0.248 e. The van der Waals surface area contributed by atoms with Crippen LogP contribution in [-0.2, 0) is 28.4 Å². The van der Waals surface area contributed by atoms with Gasteiger partial charge in [-0.05, 0) is 18.2 Å². The van der Waals surface area contributed by atoms with Gasteiger partial charge in [-0.2, -0.15) is 0 Å². The number of primary amides is 1. The summed E-state index contributed by atoms with van der Waals surface area (Å²) in [5, 5.41) is 0. The summed E-state index contributed by atoms with van der Waals surface area (Å²) in [5.74, 6) is 0.382. The van der Waals surface area contributed by atoms with E-state index in [1.54, 1.807) is 18.2 Å². The topological polar surface area (TPSA) is 117 Å². The number of hydrogen-bond acceptors (Lipinski definition) is 9. The molecule has 0 atom stereocenters. The Bertz CT molecular complexity index is 615. The van der Waals surface area contributed by atoms with Crippen molar-refractivity contribution in [2.45, 2.75) is 0 Å². The molecule has 0 saturated carbocycles. The first-order valence-electron chi connectivity index (χ1n) is 10.4. The molecule has 0 bridgehead atoms. The van der Waals surface area contributed by atoms with E-state index < -0.39 is 5.91 Å². The first-order chi connectivity index (χ1) is 15.3. The molecular weight excluding hydrogens is 410 g/mol. The molecule has 0 aliphatic carbocycles. The number of carbonyl (C=O) groups excluding carboxylic acids is 1. The zero-order chi connectivity index (χ0) is 22.0. The molecule has 10 nitrogen and oxygen atoms in total. The number of ether oxygens (including phenoxy) is 8. The van der Waals surface area contributed by atoms with E-state index in [9.17, 15) is 4.79 Å². The third-order valence-electron chi connectivity index (χ3n) is 4.06. The molecule has 176 valence electrons. The van der Waals surface area contributed by atoms with Crippen molar-refractivity contribution in [3.63, 3.8) is 0 Å². The summed E-state index contributed by atoms with van der Waals surface area (Å²) in [6.07, 6.45) is 0. The van der Waals surface area contributed by atoms with Gasteiger partial charge < -0.3 is 43.6 Å². The van der Waals surface area contributed by atoms with Crippen LogP contribution in [-0.4, -0.2) is 98.4 Å². The van der Waals surface area contributed by atoms with Crippen molar-refractivity contribution < 1.29 is 42.7 Å². The van der Waals surface area contributed by atoms with Crippen LogP contribution < -0.4 is 15.2 Å². The van der Waals surface area contributed by atoms with Crippen molar-refractivity contribution in [1.82, 2.24) is 0 Å². The molecule has 1 aromatic carbocycles. The number of fused-ring (bicyclic) bond motifs is 1. The average molecular weight is 443 g/mol. The second-order valence-corrected chi connectivity index (χ2v) is 6.40. The molecule has 2 N–H and O–H groups in total. The predicted octanol–water partition coefficient (Wildman–Crippen LogP) is 0.656. The summed E-state index contributed by atoms with van der Waals surface area (Å²) < 4.78 is 44.1. The van der Waals surface area contributed by atoms with Crippen LogP contribution in [0, 0.1) is 0 Å². The summed E-state index contributed by atoms with van der Waals surface area (Å²) in [6, 6.07) is 4.80. The highest BCUT2D eigenvalue weighted by Gasteiger charge is 2.10. The minimum Gasteiger partial charge on any atom is -0.487 e. The average Bonchev–Trinajstić information content (AvgIpc) is 2.77. The van der Waals surface area contributed by atoms with Crippen molar-refractivity contribution >= 4 is 5.91 Å². The first-order valence-corrected chi connectivity index (χ1v) is 10.4. The minimum atomic E-state index is -0.540. The number of rotatable bonds is 1. The molecule has 0 radical (unpaired) electrons. The van der Waals surface area contributed by atoms with E-state index in [4.69, 9.17) is 43.6 Å². The fourth-order valence-electron chi connectivity index (χ4n) is 2.52. The summed E-state index contributed by atoms with van der Waals surface area (Å²) in [7, 11) is 0. The first kappa shape index (κ1) is 25.3. The van der Waals surface area contributed by atoms with Gasteiger partial charge in [0.25, 0.3) is 0 Å². The van der Waals surface area contributed by atoms with Gasteiger partial charge in [-0.15, -0.1) is 0 Å². The van der Waals surface area contributed by atoms with Gasteiger partial charge in [0.2, 0.25) is 5.91 Å². The summed E-state index contributed by atoms with van der Waals surface area (Å²) in [4.78, 5) is 11.5. The molecule has 0 unspecified atom stereocenters. The van der Waals surface area contributed by atoms with Crippen LogP contribution >= 0.6 is 0 Å². The van der Waals surface area contributed by atoms with Crippen LogP contribution in [0.5, 0.6) is 11.5 Å². The second kappa shape index (κ2) is 16.7. The van der Waals surface area contributed by atoms with Crippen LogP contribution in [0.2, 0.25) is 0 Å². The van der Waals surface area contributed by atoms with Crippen molar-refractivity contribution in [1.29, 1.82) is 0 Å². The SMILES string of the molecule is NC(=O)c1ccc2c(c1)OCCOCCOCCOCCOCCOCCOCCO2. The van der Waals surface area contributed by atoms with Crippen LogP contribution in [0.1, 0.15) is 10.4 Å². The van der Waals surface area contributed by atoms with Crippen molar-refractivity contribution in [2.75, 3.05) is 92.5 Å². The highest BCUT2D eigenvalue weighted by Crippen LogP contribution is 2.28. The molecular formula is C21H33NO9. The summed E-state index contributed by atoms with van der Waals surface area (Å²) in [6.45, 7) is 6.20. The van der Waals surface area contributed by atoms with Crippen LogP contribution in [0.4, 0.5) is 0 Å². The monoisotopic (exact) mass is 443 g/mol. The van der Waals surface area contributed by atoms with Crippen LogP contribution in [0.25, 0.3) is 0 Å². The molecule has 1 aromatic rings. The Morgan fingerprint density at radius 1 is 0.548 bits per heavy atom. The third-order valence-corrected chi connectivity index (χ3v) is 4.06. The van der Waals surface area contributed by atoms with E-state index in [-0.39, 0.29) is 6.61 Å². The molecule has 0 saturated heterocycles. The van der Waals surface area contributed by atoms with Gasteiger partial charge in [-0.1, -0.05) is 0 Å². The zero-order valence-electron chi connectivity index (χ0n) is 17.9. The maximum Gasteiger partial charge on any atom is 0.248 e. The summed E-state index contributed by atoms with van der Waals surface area (Å²) >= 11 is 0. The Hall–Kier alpha value is -1.95. The Kier molecular flexibility index (Phi) is 13.6. The zero-order valence-corrected chi connectivity index (χ0v) is 17.9. The fourth-order valence-corrected chi connectivity index (χ4v) is 2.52. The molecule has 1 amide bonds. The molecule has 0 aromatic heterocycles. The van der Waals surface area contributed by atoms with Gasteiger partial charge in [0.15, 0.2) is 11.5 Å². The van der Waals surface area contributed by atoms with Crippen molar-refractivity contribution in [3.05, 3.63) is 23.8 Å². The Balaban J connectivity index is 1.80. The highest BCUT2D eigenvalue weighted by molar-refractivity contribution is 5.93. The lowest BCUT2D eigenvalue weighted by Gasteiger charge is -2.14. The minimum absolute atomic E-state index is 0.287. The van der Waals surface area contributed by atoms with E-state index in [1.165, 1.54) is 0 Å². The maximum absolute atomic E-state index is 11.5. The number of hydrogen-bond donors (Lipinski definition) is 1. The highest BCUT2D eigenvalue weighted by atomic mass is 16.6. The fraction of sp³-hybridized carbons (Fsp3) is 0.667. The lowest BCUT2D eigenvalue weighted by Crippen LogP contribution is -2.16. The van der Waals surface area contributed by atoms with Gasteiger partial charge in [0, 0.05) is 5.56 Å². The standard InChI is InChI=1S/C21H33NO9/c22-21(23)18-1-2-19-20(17-18)31-16-14-29-12-10-27-8-6-25-4-3-24-5-7-26-9-11-28-13-15-30-19/h1-2,17H,3-16H2,(H2,22,23). The van der Waals surface area contributed by atoms with Gasteiger partial charge in [0.05, 0.1) is 79.3 Å². The lowest BCUT2D eigenvalue weighted by atomic mass is 10.2. The number of benzene rings is 1. The van der Waals surface area contributed by atoms with Gasteiger partial charge >= 0.3 is 0 Å². The largest absolute Gasteiger partial charge is 0.487 e. The second-order valence-electron chi connectivity index (χ2n) is 6.40. The lowest BCUT2D eigenvalue weighted by molar-refractivity contribution is -0.0193. The number of nitrogens with two attached hydrogens (primary N) is 1. The predicted molar refractivity (Wildman–Crippen MR) is 111 cm³/mol. The van der Waals surface area contributed by atoms with Gasteiger partial charge in [-0.3, -0.25) is 4.79 Å². The molecule has 10 heteroatoms. The number of carbonyl (C=O) groups is 1. The van der Waals surface area contributed by atoms with E-state index >= 15 is 0 Å². The van der Waals surface area contributed by atoms with Gasteiger partial charge in [0.1, 0.15) is 13.2 Å². The molecule has 2 rings (SSSR count). The normalized spacial score (nSPS) is 19.7. The van der Waals surface area contributed by atoms with E-state index in [0.717, 1.165) is 0 Å². The molecule has 0 spiro atoms. The Morgan fingerprint density at radius 3 is 1.29 bits per heavy atom. The Morgan fingerprint density at radius 2 is 0.903 bits per heavy atom. The van der Waals surface area contributed by atoms with Crippen LogP contribution in [0.15, 0.2) is 18.2 Å². The molecule has 0 fully saturated rings. The van der Waals surface area contributed by atoms with Crippen molar-refractivity contribution in [2.24, 2.45) is 5.73 Å². The molecule has 1 aliphatic heterocycles. The van der Waals surface area contributed by atoms with E-state index in [2.05, 4.69) is 0 Å². The third kappa shape index (κ3) is 11.9.